The molecule has 0 N–H and O–H groups in total. The van der Waals surface area contributed by atoms with Gasteiger partial charge in [-0.15, -0.1) is 4.91 Å². The van der Waals surface area contributed by atoms with Crippen molar-refractivity contribution in [2.45, 2.75) is 0 Å². The van der Waals surface area contributed by atoms with Crippen molar-refractivity contribution in [2.24, 2.45) is 5.18 Å². The molecule has 0 radical (unpaired) electrons. The lowest BCUT2D eigenvalue weighted by molar-refractivity contribution is 0.112. The molecule has 56 valence electrons. The van der Waals surface area contributed by atoms with Crippen LogP contribution in [-0.4, -0.2) is 6.29 Å². The number of nitrogens with zero attached hydrogens (tertiary/aromatic N) is 1. The average Bonchev–Trinajstić information content (AvgIpc) is 2.04. The predicted molar refractivity (Wildman–Crippen MR) is 42.3 cm³/mol. The van der Waals surface area contributed by atoms with E-state index in [0.717, 1.165) is 0 Å². The van der Waals surface area contributed by atoms with Gasteiger partial charge in [-0.05, 0) is 23.4 Å². The fourth-order valence-corrected chi connectivity index (χ4v) is 0.888. The summed E-state index contributed by atoms with van der Waals surface area (Å²) in [5, 5.41) is 2.90. The molecule has 0 saturated carbocycles. The maximum Gasteiger partial charge on any atom is 0.151 e. The Balaban J connectivity index is 3.18. The van der Waals surface area contributed by atoms with Gasteiger partial charge >= 0.3 is 0 Å². The maximum atomic E-state index is 10.2. The lowest BCUT2D eigenvalue weighted by Crippen LogP contribution is -1.79. The zero-order valence-electron chi connectivity index (χ0n) is 5.45. The Morgan fingerprint density at radius 2 is 2.18 bits per heavy atom. The molecular weight excluding hydrogens is 166 g/mol. The predicted octanol–water partition coefficient (Wildman–Crippen LogP) is 2.55. The second-order valence-corrected chi connectivity index (χ2v) is 2.32. The first-order valence-corrected chi connectivity index (χ1v) is 3.24. The first-order valence-electron chi connectivity index (χ1n) is 2.86. The quantitative estimate of drug-likeness (QED) is 0.505. The average molecular weight is 170 g/mol. The second kappa shape index (κ2) is 3.25. The molecule has 1 aromatic rings. The van der Waals surface area contributed by atoms with Gasteiger partial charge in [0.05, 0.1) is 5.02 Å². The standard InChI is InChI=1S/C7H4ClNO2/c8-7-3-6(9-11)2-1-5(7)4-10/h1-4H. The summed E-state index contributed by atoms with van der Waals surface area (Å²) in [6.45, 7) is 0. The third-order valence-electron chi connectivity index (χ3n) is 1.22. The van der Waals surface area contributed by atoms with Crippen LogP contribution in [0.4, 0.5) is 5.69 Å². The molecule has 4 heteroatoms. The molecule has 1 aromatic carbocycles. The monoisotopic (exact) mass is 169 g/mol. The summed E-state index contributed by atoms with van der Waals surface area (Å²) in [4.78, 5) is 20.2. The number of carbonyl (C=O) groups is 1. The van der Waals surface area contributed by atoms with Gasteiger partial charge in [0.1, 0.15) is 5.69 Å². The lowest BCUT2D eigenvalue weighted by atomic mass is 10.2. The van der Waals surface area contributed by atoms with Gasteiger partial charge in [-0.3, -0.25) is 4.79 Å². The van der Waals surface area contributed by atoms with E-state index in [4.69, 9.17) is 11.6 Å². The van der Waals surface area contributed by atoms with Crippen molar-refractivity contribution in [3.05, 3.63) is 33.7 Å². The molecule has 3 nitrogen and oxygen atoms in total. The Morgan fingerprint density at radius 1 is 1.45 bits per heavy atom. The molecule has 0 bridgehead atoms. The number of hydrogen-bond donors (Lipinski definition) is 0. The summed E-state index contributed by atoms with van der Waals surface area (Å²) >= 11 is 5.58. The summed E-state index contributed by atoms with van der Waals surface area (Å²) in [6.07, 6.45) is 0.622. The van der Waals surface area contributed by atoms with Crippen molar-refractivity contribution >= 4 is 23.6 Å². The summed E-state index contributed by atoms with van der Waals surface area (Å²) in [6, 6.07) is 4.23. The zero-order chi connectivity index (χ0) is 8.27. The van der Waals surface area contributed by atoms with Crippen LogP contribution in [0.5, 0.6) is 0 Å². The number of rotatable bonds is 2. The highest BCUT2D eigenvalue weighted by Crippen LogP contribution is 2.20. The first kappa shape index (κ1) is 7.88. The lowest BCUT2D eigenvalue weighted by Gasteiger charge is -1.93. The van der Waals surface area contributed by atoms with E-state index in [1.807, 2.05) is 0 Å². The van der Waals surface area contributed by atoms with Gasteiger partial charge < -0.3 is 0 Å². The molecular formula is C7H4ClNO2. The van der Waals surface area contributed by atoms with Crippen molar-refractivity contribution in [1.82, 2.24) is 0 Å². The largest absolute Gasteiger partial charge is 0.298 e. The second-order valence-electron chi connectivity index (χ2n) is 1.91. The Morgan fingerprint density at radius 3 is 2.64 bits per heavy atom. The maximum absolute atomic E-state index is 10.2. The molecule has 0 aliphatic rings. The van der Waals surface area contributed by atoms with Crippen molar-refractivity contribution in [3.8, 4) is 0 Å². The van der Waals surface area contributed by atoms with Gasteiger partial charge in [0, 0.05) is 5.56 Å². The minimum absolute atomic E-state index is 0.223. The fourth-order valence-electron chi connectivity index (χ4n) is 0.668. The van der Waals surface area contributed by atoms with Gasteiger partial charge in [-0.2, -0.15) is 0 Å². The number of carbonyl (C=O) groups excluding carboxylic acids is 1. The van der Waals surface area contributed by atoms with E-state index in [0.29, 0.717) is 11.8 Å². The van der Waals surface area contributed by atoms with Gasteiger partial charge in [-0.1, -0.05) is 11.6 Å². The van der Waals surface area contributed by atoms with Gasteiger partial charge in [-0.25, -0.2) is 0 Å². The SMILES string of the molecule is O=Cc1ccc(N=O)cc1Cl. The van der Waals surface area contributed by atoms with Crippen molar-refractivity contribution in [2.75, 3.05) is 0 Å². The third kappa shape index (κ3) is 1.62. The smallest absolute Gasteiger partial charge is 0.151 e. The van der Waals surface area contributed by atoms with Gasteiger partial charge in [0.2, 0.25) is 0 Å². The van der Waals surface area contributed by atoms with Crippen LogP contribution < -0.4 is 0 Å². The first-order chi connectivity index (χ1) is 5.27. The number of benzene rings is 1. The highest BCUT2D eigenvalue weighted by Gasteiger charge is 1.99. The molecule has 0 spiro atoms. The van der Waals surface area contributed by atoms with Crippen LogP contribution in [0.2, 0.25) is 5.02 Å². The van der Waals surface area contributed by atoms with E-state index in [-0.39, 0.29) is 10.7 Å². The molecule has 0 amide bonds. The topological polar surface area (TPSA) is 46.5 Å². The number of halogens is 1. The molecule has 0 atom stereocenters. The highest BCUT2D eigenvalue weighted by molar-refractivity contribution is 6.33. The molecule has 0 aliphatic carbocycles. The van der Waals surface area contributed by atoms with Crippen LogP contribution in [0.15, 0.2) is 23.4 Å². The molecule has 0 unspecified atom stereocenters. The van der Waals surface area contributed by atoms with E-state index in [9.17, 15) is 9.70 Å². The molecule has 0 heterocycles. The van der Waals surface area contributed by atoms with Crippen molar-refractivity contribution in [1.29, 1.82) is 0 Å². The highest BCUT2D eigenvalue weighted by atomic mass is 35.5. The van der Waals surface area contributed by atoms with E-state index in [1.54, 1.807) is 0 Å². The van der Waals surface area contributed by atoms with Crippen molar-refractivity contribution in [3.63, 3.8) is 0 Å². The summed E-state index contributed by atoms with van der Waals surface area (Å²) < 4.78 is 0. The molecule has 0 saturated heterocycles. The van der Waals surface area contributed by atoms with Crippen LogP contribution in [0.25, 0.3) is 0 Å². The van der Waals surface area contributed by atoms with E-state index in [1.165, 1.54) is 18.2 Å². The Labute approximate surface area is 68.0 Å². The van der Waals surface area contributed by atoms with E-state index >= 15 is 0 Å². The number of nitroso groups, excluding NO2 is 1. The Hall–Kier alpha value is -1.22. The van der Waals surface area contributed by atoms with Gasteiger partial charge in [0.25, 0.3) is 0 Å². The van der Waals surface area contributed by atoms with Crippen LogP contribution in [0, 0.1) is 4.91 Å². The Kier molecular flexibility index (Phi) is 2.33. The van der Waals surface area contributed by atoms with E-state index < -0.39 is 0 Å². The zero-order valence-corrected chi connectivity index (χ0v) is 6.21. The van der Waals surface area contributed by atoms with E-state index in [2.05, 4.69) is 5.18 Å². The van der Waals surface area contributed by atoms with Crippen LogP contribution in [0.3, 0.4) is 0 Å². The van der Waals surface area contributed by atoms with Crippen LogP contribution >= 0.6 is 11.6 Å². The molecule has 1 rings (SSSR count). The fraction of sp³-hybridized carbons (Fsp3) is 0. The molecule has 0 aromatic heterocycles. The minimum atomic E-state index is 0.223. The number of aldehydes is 1. The van der Waals surface area contributed by atoms with Crippen LogP contribution in [0.1, 0.15) is 10.4 Å². The van der Waals surface area contributed by atoms with Crippen molar-refractivity contribution < 1.29 is 4.79 Å². The normalized spacial score (nSPS) is 9.18. The number of hydrogen-bond acceptors (Lipinski definition) is 3. The summed E-state index contributed by atoms with van der Waals surface area (Å²) in [7, 11) is 0. The van der Waals surface area contributed by atoms with Gasteiger partial charge in [0.15, 0.2) is 6.29 Å². The summed E-state index contributed by atoms with van der Waals surface area (Å²) in [5.41, 5.74) is 0.583. The van der Waals surface area contributed by atoms with Crippen LogP contribution in [-0.2, 0) is 0 Å². The Bertz CT molecular complexity index is 298. The molecule has 0 aliphatic heterocycles. The minimum Gasteiger partial charge on any atom is -0.298 e. The molecule has 11 heavy (non-hydrogen) atoms. The summed E-state index contributed by atoms with van der Waals surface area (Å²) in [5.74, 6) is 0. The third-order valence-corrected chi connectivity index (χ3v) is 1.54. The molecule has 0 fully saturated rings.